The van der Waals surface area contributed by atoms with E-state index in [1.165, 1.54) is 6.42 Å². The van der Waals surface area contributed by atoms with Gasteiger partial charge in [-0.1, -0.05) is 18.6 Å². The summed E-state index contributed by atoms with van der Waals surface area (Å²) in [7, 11) is 2.08. The molecule has 6 nitrogen and oxygen atoms in total. The van der Waals surface area contributed by atoms with Crippen LogP contribution in [0.1, 0.15) is 37.7 Å². The summed E-state index contributed by atoms with van der Waals surface area (Å²) < 4.78 is 0. The zero-order valence-corrected chi connectivity index (χ0v) is 17.5. The molecule has 0 spiro atoms. The Balaban J connectivity index is 1.34. The van der Waals surface area contributed by atoms with Crippen molar-refractivity contribution >= 4 is 17.5 Å². The summed E-state index contributed by atoms with van der Waals surface area (Å²) in [5.74, 6) is 1.31. The van der Waals surface area contributed by atoms with E-state index < -0.39 is 0 Å². The largest absolute Gasteiger partial charge is 0.340 e. The van der Waals surface area contributed by atoms with Crippen molar-refractivity contribution in [2.75, 3.05) is 38.5 Å². The predicted molar refractivity (Wildman–Crippen MR) is 114 cm³/mol. The van der Waals surface area contributed by atoms with Gasteiger partial charge in [-0.05, 0) is 62.3 Å². The Bertz CT molecular complexity index is 730. The quantitative estimate of drug-likeness (QED) is 0.814. The van der Waals surface area contributed by atoms with Crippen molar-refractivity contribution in [3.8, 4) is 0 Å². The maximum absolute atomic E-state index is 12.9. The van der Waals surface area contributed by atoms with Crippen LogP contribution in [0.25, 0.3) is 0 Å². The molecule has 2 amide bonds. The number of benzene rings is 1. The van der Waals surface area contributed by atoms with E-state index >= 15 is 0 Å². The standard InChI is InChI=1S/C23H34N4O2/c1-26-8-10-27(11-9-26)21(28)13-16-4-2-7-20(12-16)25-23(29)19-14-17-5-3-6-18(15-19)22(17)24/h2,4,7,12,17-19,22H,3,5-6,8-11,13-15,24H2,1H3,(H,25,29). The molecular formula is C23H34N4O2. The number of nitrogens with one attached hydrogen (secondary N) is 1. The first-order chi connectivity index (χ1) is 14.0. The molecule has 2 bridgehead atoms. The molecule has 158 valence electrons. The molecule has 0 radical (unpaired) electrons. The summed E-state index contributed by atoms with van der Waals surface area (Å²) in [5.41, 5.74) is 8.11. The lowest BCUT2D eigenvalue weighted by atomic mass is 9.65. The Morgan fingerprint density at radius 2 is 1.79 bits per heavy atom. The molecule has 1 aliphatic heterocycles. The highest BCUT2D eigenvalue weighted by Crippen LogP contribution is 2.42. The third-order valence-electron chi connectivity index (χ3n) is 7.19. The Labute approximate surface area is 173 Å². The second kappa shape index (κ2) is 8.84. The number of rotatable bonds is 4. The van der Waals surface area contributed by atoms with Gasteiger partial charge in [-0.25, -0.2) is 0 Å². The number of anilines is 1. The number of nitrogens with zero attached hydrogens (tertiary/aromatic N) is 2. The first-order valence-corrected chi connectivity index (χ1v) is 11.1. The number of nitrogens with two attached hydrogens (primary N) is 1. The van der Waals surface area contributed by atoms with Gasteiger partial charge in [0.2, 0.25) is 11.8 Å². The van der Waals surface area contributed by atoms with Crippen molar-refractivity contribution < 1.29 is 9.59 Å². The van der Waals surface area contributed by atoms with Gasteiger partial charge in [0.05, 0.1) is 6.42 Å². The first kappa shape index (κ1) is 20.4. The Hall–Kier alpha value is -1.92. The van der Waals surface area contributed by atoms with Crippen LogP contribution < -0.4 is 11.1 Å². The van der Waals surface area contributed by atoms with E-state index in [4.69, 9.17) is 5.73 Å². The minimum atomic E-state index is 0.0562. The van der Waals surface area contributed by atoms with E-state index in [1.807, 2.05) is 29.2 Å². The van der Waals surface area contributed by atoms with Gasteiger partial charge in [0.15, 0.2) is 0 Å². The molecule has 0 aromatic heterocycles. The van der Waals surface area contributed by atoms with Crippen LogP contribution in [-0.4, -0.2) is 60.9 Å². The molecule has 3 N–H and O–H groups in total. The lowest BCUT2D eigenvalue weighted by Crippen LogP contribution is -2.48. The molecule has 1 aromatic rings. The van der Waals surface area contributed by atoms with Gasteiger partial charge in [-0.15, -0.1) is 0 Å². The van der Waals surface area contributed by atoms with Crippen molar-refractivity contribution in [2.24, 2.45) is 23.5 Å². The Kier molecular flexibility index (Phi) is 6.20. The second-order valence-corrected chi connectivity index (χ2v) is 9.25. The van der Waals surface area contributed by atoms with Crippen molar-refractivity contribution in [1.82, 2.24) is 9.80 Å². The average Bonchev–Trinajstić information content (AvgIpc) is 2.68. The van der Waals surface area contributed by atoms with Crippen LogP contribution in [0.3, 0.4) is 0 Å². The van der Waals surface area contributed by atoms with Gasteiger partial charge in [-0.2, -0.15) is 0 Å². The van der Waals surface area contributed by atoms with Crippen LogP contribution in [0, 0.1) is 17.8 Å². The normalized spacial score (nSPS) is 30.1. The zero-order chi connectivity index (χ0) is 20.4. The maximum atomic E-state index is 12.9. The molecule has 2 atom stereocenters. The molecule has 29 heavy (non-hydrogen) atoms. The minimum absolute atomic E-state index is 0.0562. The van der Waals surface area contributed by atoms with Gasteiger partial charge < -0.3 is 20.9 Å². The number of amides is 2. The number of fused-ring (bicyclic) bond motifs is 2. The number of hydrogen-bond donors (Lipinski definition) is 2. The smallest absolute Gasteiger partial charge is 0.227 e. The van der Waals surface area contributed by atoms with Crippen LogP contribution in [0.15, 0.2) is 24.3 Å². The topological polar surface area (TPSA) is 78.7 Å². The van der Waals surface area contributed by atoms with Crippen LogP contribution in [0.4, 0.5) is 5.69 Å². The maximum Gasteiger partial charge on any atom is 0.227 e. The van der Waals surface area contributed by atoms with Crippen LogP contribution in [0.2, 0.25) is 0 Å². The first-order valence-electron chi connectivity index (χ1n) is 11.1. The summed E-state index contributed by atoms with van der Waals surface area (Å²) in [4.78, 5) is 29.7. The molecule has 1 saturated heterocycles. The number of carbonyl (C=O) groups excluding carboxylic acids is 2. The van der Waals surface area contributed by atoms with Crippen LogP contribution >= 0.6 is 0 Å². The average molecular weight is 399 g/mol. The van der Waals surface area contributed by atoms with Gasteiger partial charge in [0, 0.05) is 43.8 Å². The van der Waals surface area contributed by atoms with Crippen molar-refractivity contribution in [3.63, 3.8) is 0 Å². The minimum Gasteiger partial charge on any atom is -0.340 e. The molecule has 1 heterocycles. The van der Waals surface area contributed by atoms with E-state index in [0.717, 1.165) is 63.1 Å². The number of carbonyl (C=O) groups is 2. The van der Waals surface area contributed by atoms with Gasteiger partial charge >= 0.3 is 0 Å². The molecule has 2 unspecified atom stereocenters. The molecule has 3 fully saturated rings. The Morgan fingerprint density at radius 3 is 2.48 bits per heavy atom. The van der Waals surface area contributed by atoms with Crippen molar-refractivity contribution in [3.05, 3.63) is 29.8 Å². The fourth-order valence-corrected chi connectivity index (χ4v) is 5.35. The number of piperazine rings is 1. The number of likely N-dealkylation sites (N-methyl/N-ethyl adjacent to an activating group) is 1. The highest BCUT2D eigenvalue weighted by Gasteiger charge is 2.40. The van der Waals surface area contributed by atoms with E-state index in [0.29, 0.717) is 18.3 Å². The van der Waals surface area contributed by atoms with Crippen molar-refractivity contribution in [2.45, 2.75) is 44.6 Å². The summed E-state index contributed by atoms with van der Waals surface area (Å²) in [6.07, 6.45) is 5.77. The third kappa shape index (κ3) is 4.81. The second-order valence-electron chi connectivity index (χ2n) is 9.25. The SMILES string of the molecule is CN1CCN(C(=O)Cc2cccc(NC(=O)C3CC4CCCC(C3)C4N)c2)CC1. The third-order valence-corrected chi connectivity index (χ3v) is 7.19. The molecule has 3 aliphatic rings. The lowest BCUT2D eigenvalue weighted by Gasteiger charge is -2.43. The molecule has 2 aliphatic carbocycles. The van der Waals surface area contributed by atoms with E-state index in [2.05, 4.69) is 17.3 Å². The van der Waals surface area contributed by atoms with Gasteiger partial charge in [0.25, 0.3) is 0 Å². The zero-order valence-electron chi connectivity index (χ0n) is 17.5. The molecular weight excluding hydrogens is 364 g/mol. The summed E-state index contributed by atoms with van der Waals surface area (Å²) >= 11 is 0. The van der Waals surface area contributed by atoms with Gasteiger partial charge in [-0.3, -0.25) is 9.59 Å². The highest BCUT2D eigenvalue weighted by molar-refractivity contribution is 5.93. The molecule has 4 rings (SSSR count). The highest BCUT2D eigenvalue weighted by atomic mass is 16.2. The summed E-state index contributed by atoms with van der Waals surface area (Å²) in [5, 5.41) is 3.10. The fourth-order valence-electron chi connectivity index (χ4n) is 5.35. The van der Waals surface area contributed by atoms with Crippen LogP contribution in [-0.2, 0) is 16.0 Å². The monoisotopic (exact) mass is 398 g/mol. The Morgan fingerprint density at radius 1 is 1.10 bits per heavy atom. The molecule has 6 heteroatoms. The van der Waals surface area contributed by atoms with E-state index in [9.17, 15) is 9.59 Å². The van der Waals surface area contributed by atoms with Gasteiger partial charge in [0.1, 0.15) is 0 Å². The van der Waals surface area contributed by atoms with Crippen molar-refractivity contribution in [1.29, 1.82) is 0 Å². The lowest BCUT2D eigenvalue weighted by molar-refractivity contribution is -0.132. The van der Waals surface area contributed by atoms with E-state index in [1.54, 1.807) is 0 Å². The van der Waals surface area contributed by atoms with Crippen LogP contribution in [0.5, 0.6) is 0 Å². The van der Waals surface area contributed by atoms with E-state index in [-0.39, 0.29) is 23.8 Å². The fraction of sp³-hybridized carbons (Fsp3) is 0.652. The molecule has 1 aromatic carbocycles. The predicted octanol–water partition coefficient (Wildman–Crippen LogP) is 2.10. The summed E-state index contributed by atoms with van der Waals surface area (Å²) in [6, 6.07) is 8.02. The molecule has 2 saturated carbocycles. The number of hydrogen-bond acceptors (Lipinski definition) is 4. The summed E-state index contributed by atoms with van der Waals surface area (Å²) in [6.45, 7) is 3.43.